The topological polar surface area (TPSA) is 24.9 Å². The van der Waals surface area contributed by atoms with Crippen molar-refractivity contribution < 1.29 is 0 Å². The molecule has 1 aromatic carbocycles. The molecule has 0 aliphatic heterocycles. The standard InChI is InChI=1S/C14H17ClN2/c1-3-5-10(2)17-13-8-7-12(15)14-11(13)6-4-9-16-14/h4,6-10,17H,3,5H2,1-2H3. The largest absolute Gasteiger partial charge is 0.382 e. The highest BCUT2D eigenvalue weighted by molar-refractivity contribution is 6.35. The Bertz CT molecular complexity index is 511. The van der Waals surface area contributed by atoms with Crippen molar-refractivity contribution in [2.24, 2.45) is 0 Å². The van der Waals surface area contributed by atoms with Gasteiger partial charge in [0, 0.05) is 23.3 Å². The molecule has 1 heterocycles. The zero-order valence-electron chi connectivity index (χ0n) is 10.2. The van der Waals surface area contributed by atoms with E-state index < -0.39 is 0 Å². The number of nitrogens with zero attached hydrogens (tertiary/aromatic N) is 1. The van der Waals surface area contributed by atoms with Crippen molar-refractivity contribution in [3.05, 3.63) is 35.5 Å². The first-order valence-electron chi connectivity index (χ1n) is 6.02. The summed E-state index contributed by atoms with van der Waals surface area (Å²) in [6, 6.07) is 8.38. The number of fused-ring (bicyclic) bond motifs is 1. The number of anilines is 1. The second kappa shape index (κ2) is 5.37. The molecule has 0 saturated carbocycles. The Hall–Kier alpha value is -1.28. The molecule has 0 saturated heterocycles. The first-order valence-corrected chi connectivity index (χ1v) is 6.40. The van der Waals surface area contributed by atoms with Gasteiger partial charge in [-0.1, -0.05) is 24.9 Å². The number of hydrogen-bond acceptors (Lipinski definition) is 2. The Labute approximate surface area is 107 Å². The molecule has 17 heavy (non-hydrogen) atoms. The summed E-state index contributed by atoms with van der Waals surface area (Å²) in [5.41, 5.74) is 1.97. The van der Waals surface area contributed by atoms with Gasteiger partial charge in [-0.25, -0.2) is 0 Å². The molecular formula is C14H17ClN2. The van der Waals surface area contributed by atoms with Crippen LogP contribution in [0.2, 0.25) is 5.02 Å². The monoisotopic (exact) mass is 248 g/mol. The van der Waals surface area contributed by atoms with E-state index in [0.29, 0.717) is 11.1 Å². The smallest absolute Gasteiger partial charge is 0.0908 e. The van der Waals surface area contributed by atoms with Gasteiger partial charge < -0.3 is 5.32 Å². The average Bonchev–Trinajstić information content (AvgIpc) is 2.34. The summed E-state index contributed by atoms with van der Waals surface area (Å²) in [6.07, 6.45) is 4.11. The Kier molecular flexibility index (Phi) is 3.85. The molecule has 2 nitrogen and oxygen atoms in total. The van der Waals surface area contributed by atoms with Gasteiger partial charge in [-0.15, -0.1) is 0 Å². The molecule has 0 bridgehead atoms. The quantitative estimate of drug-likeness (QED) is 0.862. The third-order valence-corrected chi connectivity index (χ3v) is 3.15. The molecule has 0 radical (unpaired) electrons. The van der Waals surface area contributed by atoms with Crippen molar-refractivity contribution in [2.45, 2.75) is 32.7 Å². The Morgan fingerprint density at radius 2 is 2.18 bits per heavy atom. The molecule has 1 atom stereocenters. The first kappa shape index (κ1) is 12.2. The van der Waals surface area contributed by atoms with Crippen LogP contribution in [0.5, 0.6) is 0 Å². The molecule has 2 aromatic rings. The van der Waals surface area contributed by atoms with Crippen LogP contribution >= 0.6 is 11.6 Å². The molecule has 0 aliphatic rings. The van der Waals surface area contributed by atoms with Gasteiger partial charge in [0.15, 0.2) is 0 Å². The number of benzene rings is 1. The third-order valence-electron chi connectivity index (χ3n) is 2.84. The predicted octanol–water partition coefficient (Wildman–Crippen LogP) is 4.49. The molecule has 1 unspecified atom stereocenters. The second-order valence-electron chi connectivity index (χ2n) is 4.33. The lowest BCUT2D eigenvalue weighted by atomic mass is 10.1. The summed E-state index contributed by atoms with van der Waals surface area (Å²) in [7, 11) is 0. The SMILES string of the molecule is CCCC(C)Nc1ccc(Cl)c2ncccc12. The maximum Gasteiger partial charge on any atom is 0.0908 e. The lowest BCUT2D eigenvalue weighted by Crippen LogP contribution is -2.14. The summed E-state index contributed by atoms with van der Waals surface area (Å²) in [6.45, 7) is 4.39. The molecule has 90 valence electrons. The molecule has 1 aromatic heterocycles. The molecule has 0 spiro atoms. The first-order chi connectivity index (χ1) is 8.22. The van der Waals surface area contributed by atoms with Crippen LogP contribution in [0.25, 0.3) is 10.9 Å². The van der Waals surface area contributed by atoms with E-state index in [1.54, 1.807) is 6.20 Å². The Balaban J connectivity index is 2.38. The number of rotatable bonds is 4. The van der Waals surface area contributed by atoms with Crippen LogP contribution in [0.1, 0.15) is 26.7 Å². The van der Waals surface area contributed by atoms with E-state index in [4.69, 9.17) is 11.6 Å². The number of pyridine rings is 1. The summed E-state index contributed by atoms with van der Waals surface area (Å²) >= 11 is 6.14. The van der Waals surface area contributed by atoms with Crippen molar-refractivity contribution in [3.63, 3.8) is 0 Å². The van der Waals surface area contributed by atoms with Crippen molar-refractivity contribution in [1.82, 2.24) is 4.98 Å². The zero-order valence-corrected chi connectivity index (χ0v) is 11.0. The van der Waals surface area contributed by atoms with Crippen LogP contribution in [-0.2, 0) is 0 Å². The number of hydrogen-bond donors (Lipinski definition) is 1. The van der Waals surface area contributed by atoms with E-state index in [1.807, 2.05) is 18.2 Å². The summed E-state index contributed by atoms with van der Waals surface area (Å²) in [5, 5.41) is 5.30. The fourth-order valence-corrected chi connectivity index (χ4v) is 2.25. The van der Waals surface area contributed by atoms with Crippen LogP contribution in [0.3, 0.4) is 0 Å². The van der Waals surface area contributed by atoms with Crippen molar-refractivity contribution >= 4 is 28.2 Å². The minimum absolute atomic E-state index is 0.463. The lowest BCUT2D eigenvalue weighted by Gasteiger charge is -2.16. The normalized spacial score (nSPS) is 12.6. The molecular weight excluding hydrogens is 232 g/mol. The lowest BCUT2D eigenvalue weighted by molar-refractivity contribution is 0.691. The van der Waals surface area contributed by atoms with Gasteiger partial charge in [-0.3, -0.25) is 4.98 Å². The fourth-order valence-electron chi connectivity index (χ4n) is 2.03. The highest BCUT2D eigenvalue weighted by atomic mass is 35.5. The van der Waals surface area contributed by atoms with Crippen LogP contribution in [0.4, 0.5) is 5.69 Å². The van der Waals surface area contributed by atoms with E-state index in [1.165, 1.54) is 6.42 Å². The maximum atomic E-state index is 6.14. The van der Waals surface area contributed by atoms with E-state index in [9.17, 15) is 0 Å². The van der Waals surface area contributed by atoms with Gasteiger partial charge in [0.05, 0.1) is 10.5 Å². The predicted molar refractivity (Wildman–Crippen MR) is 74.7 cm³/mol. The number of halogens is 1. The maximum absolute atomic E-state index is 6.14. The second-order valence-corrected chi connectivity index (χ2v) is 4.74. The van der Waals surface area contributed by atoms with Crippen LogP contribution in [-0.4, -0.2) is 11.0 Å². The molecule has 0 fully saturated rings. The summed E-state index contributed by atoms with van der Waals surface area (Å²) in [5.74, 6) is 0. The van der Waals surface area contributed by atoms with Gasteiger partial charge >= 0.3 is 0 Å². The highest BCUT2D eigenvalue weighted by Gasteiger charge is 2.07. The molecule has 3 heteroatoms. The van der Waals surface area contributed by atoms with Gasteiger partial charge in [-0.05, 0) is 37.6 Å². The van der Waals surface area contributed by atoms with Crippen molar-refractivity contribution in [3.8, 4) is 0 Å². The van der Waals surface area contributed by atoms with Gasteiger partial charge in [0.25, 0.3) is 0 Å². The highest BCUT2D eigenvalue weighted by Crippen LogP contribution is 2.28. The minimum atomic E-state index is 0.463. The van der Waals surface area contributed by atoms with Gasteiger partial charge in [-0.2, -0.15) is 0 Å². The average molecular weight is 249 g/mol. The molecule has 2 rings (SSSR count). The number of aromatic nitrogens is 1. The van der Waals surface area contributed by atoms with Gasteiger partial charge in [0.1, 0.15) is 0 Å². The van der Waals surface area contributed by atoms with Gasteiger partial charge in [0.2, 0.25) is 0 Å². The van der Waals surface area contributed by atoms with Crippen molar-refractivity contribution in [1.29, 1.82) is 0 Å². The van der Waals surface area contributed by atoms with E-state index in [-0.39, 0.29) is 0 Å². The summed E-state index contributed by atoms with van der Waals surface area (Å²) in [4.78, 5) is 4.32. The minimum Gasteiger partial charge on any atom is -0.382 e. The van der Waals surface area contributed by atoms with E-state index in [0.717, 1.165) is 23.0 Å². The fraction of sp³-hybridized carbons (Fsp3) is 0.357. The van der Waals surface area contributed by atoms with E-state index in [2.05, 4.69) is 30.2 Å². The summed E-state index contributed by atoms with van der Waals surface area (Å²) < 4.78 is 0. The molecule has 0 amide bonds. The Morgan fingerprint density at radius 1 is 1.35 bits per heavy atom. The Morgan fingerprint density at radius 3 is 2.94 bits per heavy atom. The molecule has 1 N–H and O–H groups in total. The third kappa shape index (κ3) is 2.70. The zero-order chi connectivity index (χ0) is 12.3. The van der Waals surface area contributed by atoms with Crippen LogP contribution < -0.4 is 5.32 Å². The van der Waals surface area contributed by atoms with Crippen LogP contribution in [0.15, 0.2) is 30.5 Å². The number of nitrogens with one attached hydrogen (secondary N) is 1. The molecule has 0 aliphatic carbocycles. The van der Waals surface area contributed by atoms with Crippen molar-refractivity contribution in [2.75, 3.05) is 5.32 Å². The van der Waals surface area contributed by atoms with E-state index >= 15 is 0 Å². The van der Waals surface area contributed by atoms with Crippen LogP contribution in [0, 0.1) is 0 Å².